The van der Waals surface area contributed by atoms with Gasteiger partial charge in [-0.25, -0.2) is 4.79 Å². The molecule has 1 aromatic rings. The predicted octanol–water partition coefficient (Wildman–Crippen LogP) is 0.678. The first kappa shape index (κ1) is 16.8. The largest absolute Gasteiger partial charge is 0.497 e. The summed E-state index contributed by atoms with van der Waals surface area (Å²) >= 11 is 0. The molecule has 1 amide bonds. The van der Waals surface area contributed by atoms with Crippen LogP contribution in [0.15, 0.2) is 24.3 Å². The second-order valence-electron chi connectivity index (χ2n) is 4.29. The van der Waals surface area contributed by atoms with Gasteiger partial charge in [-0.15, -0.1) is 0 Å². The number of amides is 1. The first-order valence-electron chi connectivity index (χ1n) is 6.30. The SMILES string of the molecule is COCC(NC(=O)C(C)Oc1ccc(OC)cc1)C(=O)O. The van der Waals surface area contributed by atoms with Crippen molar-refractivity contribution in [3.05, 3.63) is 24.3 Å². The third-order valence-corrected chi connectivity index (χ3v) is 2.69. The Labute approximate surface area is 122 Å². The van der Waals surface area contributed by atoms with Crippen LogP contribution in [-0.4, -0.2) is 50.0 Å². The maximum Gasteiger partial charge on any atom is 0.328 e. The topological polar surface area (TPSA) is 94.1 Å². The summed E-state index contributed by atoms with van der Waals surface area (Å²) in [6, 6.07) is 5.61. The number of nitrogens with one attached hydrogen (secondary N) is 1. The number of aliphatic carboxylic acids is 1. The Balaban J connectivity index is 2.58. The Hall–Kier alpha value is -2.28. The maximum absolute atomic E-state index is 11.9. The molecule has 2 atom stereocenters. The minimum absolute atomic E-state index is 0.115. The van der Waals surface area contributed by atoms with E-state index in [1.807, 2.05) is 0 Å². The van der Waals surface area contributed by atoms with E-state index < -0.39 is 24.0 Å². The van der Waals surface area contributed by atoms with Crippen LogP contribution in [0.1, 0.15) is 6.92 Å². The fourth-order valence-corrected chi connectivity index (χ4v) is 1.54. The average molecular weight is 297 g/mol. The van der Waals surface area contributed by atoms with Gasteiger partial charge in [-0.2, -0.15) is 0 Å². The molecule has 0 fully saturated rings. The van der Waals surface area contributed by atoms with E-state index >= 15 is 0 Å². The van der Waals surface area contributed by atoms with E-state index in [9.17, 15) is 9.59 Å². The van der Waals surface area contributed by atoms with Crippen LogP contribution >= 0.6 is 0 Å². The van der Waals surface area contributed by atoms with Crippen molar-refractivity contribution in [2.45, 2.75) is 19.1 Å². The minimum atomic E-state index is -1.16. The lowest BCUT2D eigenvalue weighted by molar-refractivity contribution is -0.144. The zero-order valence-corrected chi connectivity index (χ0v) is 12.2. The molecular weight excluding hydrogens is 278 g/mol. The summed E-state index contributed by atoms with van der Waals surface area (Å²) in [5.74, 6) is -0.542. The number of carbonyl (C=O) groups excluding carboxylic acids is 1. The van der Waals surface area contributed by atoms with Crippen LogP contribution in [0, 0.1) is 0 Å². The highest BCUT2D eigenvalue weighted by Gasteiger charge is 2.23. The van der Waals surface area contributed by atoms with Crippen LogP contribution in [-0.2, 0) is 14.3 Å². The smallest absolute Gasteiger partial charge is 0.328 e. The van der Waals surface area contributed by atoms with Crippen LogP contribution in [0.25, 0.3) is 0 Å². The van der Waals surface area contributed by atoms with Gasteiger partial charge in [0.2, 0.25) is 0 Å². The predicted molar refractivity (Wildman–Crippen MR) is 74.5 cm³/mol. The Morgan fingerprint density at radius 3 is 2.24 bits per heavy atom. The highest BCUT2D eigenvalue weighted by Crippen LogP contribution is 2.18. The number of carboxylic acids is 1. The number of rotatable bonds is 8. The van der Waals surface area contributed by atoms with Crippen LogP contribution in [0.2, 0.25) is 0 Å². The molecule has 1 aromatic carbocycles. The Kier molecular flexibility index (Phi) is 6.48. The first-order chi connectivity index (χ1) is 9.97. The van der Waals surface area contributed by atoms with Crippen molar-refractivity contribution in [2.75, 3.05) is 20.8 Å². The van der Waals surface area contributed by atoms with Crippen LogP contribution < -0.4 is 14.8 Å². The van der Waals surface area contributed by atoms with Gasteiger partial charge in [0.25, 0.3) is 5.91 Å². The van der Waals surface area contributed by atoms with Crippen molar-refractivity contribution < 1.29 is 28.9 Å². The molecule has 0 radical (unpaired) electrons. The molecule has 0 heterocycles. The molecule has 0 aromatic heterocycles. The number of hydrogen-bond acceptors (Lipinski definition) is 5. The summed E-state index contributed by atoms with van der Waals surface area (Å²) < 4.78 is 15.2. The number of methoxy groups -OCH3 is 2. The molecule has 2 unspecified atom stereocenters. The summed E-state index contributed by atoms with van der Waals surface area (Å²) in [4.78, 5) is 22.8. The third-order valence-electron chi connectivity index (χ3n) is 2.69. The van der Waals surface area contributed by atoms with Gasteiger partial charge < -0.3 is 24.6 Å². The van der Waals surface area contributed by atoms with E-state index in [0.29, 0.717) is 11.5 Å². The highest BCUT2D eigenvalue weighted by atomic mass is 16.5. The van der Waals surface area contributed by atoms with E-state index in [-0.39, 0.29) is 6.61 Å². The number of carbonyl (C=O) groups is 2. The lowest BCUT2D eigenvalue weighted by Gasteiger charge is -2.18. The fourth-order valence-electron chi connectivity index (χ4n) is 1.54. The van der Waals surface area contributed by atoms with E-state index in [2.05, 4.69) is 5.32 Å². The molecule has 0 spiro atoms. The molecule has 0 saturated heterocycles. The monoisotopic (exact) mass is 297 g/mol. The summed E-state index contributed by atoms with van der Waals surface area (Å²) in [7, 11) is 2.91. The van der Waals surface area contributed by atoms with Crippen molar-refractivity contribution in [1.82, 2.24) is 5.32 Å². The van der Waals surface area contributed by atoms with Crippen molar-refractivity contribution in [3.8, 4) is 11.5 Å². The van der Waals surface area contributed by atoms with Gasteiger partial charge in [-0.05, 0) is 31.2 Å². The molecule has 7 heteroatoms. The molecular formula is C14H19NO6. The van der Waals surface area contributed by atoms with Crippen LogP contribution in [0.5, 0.6) is 11.5 Å². The molecule has 0 bridgehead atoms. The number of ether oxygens (including phenoxy) is 3. The van der Waals surface area contributed by atoms with Crippen molar-refractivity contribution in [1.29, 1.82) is 0 Å². The van der Waals surface area contributed by atoms with Gasteiger partial charge in [0.1, 0.15) is 11.5 Å². The fraction of sp³-hybridized carbons (Fsp3) is 0.429. The van der Waals surface area contributed by atoms with Crippen molar-refractivity contribution in [2.24, 2.45) is 0 Å². The van der Waals surface area contributed by atoms with E-state index in [4.69, 9.17) is 19.3 Å². The number of hydrogen-bond donors (Lipinski definition) is 2. The first-order valence-corrected chi connectivity index (χ1v) is 6.30. The zero-order valence-electron chi connectivity index (χ0n) is 12.2. The van der Waals surface area contributed by atoms with Gasteiger partial charge in [0.15, 0.2) is 12.1 Å². The van der Waals surface area contributed by atoms with Crippen molar-refractivity contribution in [3.63, 3.8) is 0 Å². The molecule has 0 aliphatic carbocycles. The lowest BCUT2D eigenvalue weighted by atomic mass is 10.2. The molecule has 2 N–H and O–H groups in total. The Bertz CT molecular complexity index is 473. The molecule has 0 aliphatic rings. The van der Waals surface area contributed by atoms with E-state index in [1.165, 1.54) is 14.0 Å². The summed E-state index contributed by atoms with van der Waals surface area (Å²) in [5, 5.41) is 11.3. The second kappa shape index (κ2) is 8.11. The summed E-state index contributed by atoms with van der Waals surface area (Å²) in [6.07, 6.45) is -0.836. The quantitative estimate of drug-likeness (QED) is 0.733. The van der Waals surface area contributed by atoms with Crippen LogP contribution in [0.3, 0.4) is 0 Å². The minimum Gasteiger partial charge on any atom is -0.497 e. The average Bonchev–Trinajstić information content (AvgIpc) is 2.47. The van der Waals surface area contributed by atoms with Gasteiger partial charge in [-0.1, -0.05) is 0 Å². The number of benzene rings is 1. The summed E-state index contributed by atoms with van der Waals surface area (Å²) in [5.41, 5.74) is 0. The van der Waals surface area contributed by atoms with E-state index in [1.54, 1.807) is 31.4 Å². The van der Waals surface area contributed by atoms with Gasteiger partial charge >= 0.3 is 5.97 Å². The van der Waals surface area contributed by atoms with Gasteiger partial charge in [0.05, 0.1) is 13.7 Å². The Morgan fingerprint density at radius 2 is 1.76 bits per heavy atom. The summed E-state index contributed by atoms with van der Waals surface area (Å²) in [6.45, 7) is 1.42. The molecule has 1 rings (SSSR count). The normalized spacial score (nSPS) is 13.1. The van der Waals surface area contributed by atoms with Crippen molar-refractivity contribution >= 4 is 11.9 Å². The van der Waals surface area contributed by atoms with Gasteiger partial charge in [0, 0.05) is 7.11 Å². The standard InChI is InChI=1S/C14H19NO6/c1-9(13(16)15-12(8-19-2)14(17)18)21-11-6-4-10(20-3)5-7-11/h4-7,9,12H,8H2,1-3H3,(H,15,16)(H,17,18). The zero-order chi connectivity index (χ0) is 15.8. The number of carboxylic acid groups (broad SMARTS) is 1. The van der Waals surface area contributed by atoms with E-state index in [0.717, 1.165) is 0 Å². The maximum atomic E-state index is 11.9. The Morgan fingerprint density at radius 1 is 1.19 bits per heavy atom. The van der Waals surface area contributed by atoms with Gasteiger partial charge in [-0.3, -0.25) is 4.79 Å². The second-order valence-corrected chi connectivity index (χ2v) is 4.29. The lowest BCUT2D eigenvalue weighted by Crippen LogP contribution is -2.48. The molecule has 116 valence electrons. The molecule has 7 nitrogen and oxygen atoms in total. The van der Waals surface area contributed by atoms with Crippen LogP contribution in [0.4, 0.5) is 0 Å². The molecule has 0 saturated carbocycles. The molecule has 21 heavy (non-hydrogen) atoms. The third kappa shape index (κ3) is 5.31. The highest BCUT2D eigenvalue weighted by molar-refractivity contribution is 5.86. The molecule has 0 aliphatic heterocycles.